The van der Waals surface area contributed by atoms with Gasteiger partial charge in [-0.2, -0.15) is 0 Å². The number of carbonyl (C=O) groups excluding carboxylic acids is 1. The Bertz CT molecular complexity index is 1010. The maximum absolute atomic E-state index is 12.5. The van der Waals surface area contributed by atoms with Crippen LogP contribution in [0.1, 0.15) is 10.6 Å². The number of aromatic nitrogens is 1. The second-order valence-corrected chi connectivity index (χ2v) is 8.56. The van der Waals surface area contributed by atoms with Crippen molar-refractivity contribution in [1.82, 2.24) is 14.8 Å². The van der Waals surface area contributed by atoms with Crippen molar-refractivity contribution in [3.8, 4) is 22.8 Å². The number of benzene rings is 2. The SMILES string of the molecule is COc1ccc(-c2csc(CN3CCN(C(=O)COc4cccc(C)c4)CC3)n2)cc1. The zero-order chi connectivity index (χ0) is 21.6. The Morgan fingerprint density at radius 2 is 1.84 bits per heavy atom. The molecule has 2 heterocycles. The van der Waals surface area contributed by atoms with Crippen molar-refractivity contribution >= 4 is 17.2 Å². The van der Waals surface area contributed by atoms with Crippen LogP contribution in [0.25, 0.3) is 11.3 Å². The minimum atomic E-state index is 0.0391. The van der Waals surface area contributed by atoms with Crippen molar-refractivity contribution in [3.63, 3.8) is 0 Å². The lowest BCUT2D eigenvalue weighted by Crippen LogP contribution is -2.49. The summed E-state index contributed by atoms with van der Waals surface area (Å²) >= 11 is 1.68. The Hall–Kier alpha value is -2.90. The molecule has 6 nitrogen and oxygen atoms in total. The largest absolute Gasteiger partial charge is 0.497 e. The van der Waals surface area contributed by atoms with Gasteiger partial charge >= 0.3 is 0 Å². The molecule has 162 valence electrons. The molecule has 31 heavy (non-hydrogen) atoms. The summed E-state index contributed by atoms with van der Waals surface area (Å²) in [4.78, 5) is 21.5. The van der Waals surface area contributed by atoms with E-state index in [2.05, 4.69) is 10.3 Å². The molecule has 4 rings (SSSR count). The van der Waals surface area contributed by atoms with Crippen molar-refractivity contribution in [1.29, 1.82) is 0 Å². The molecule has 3 aromatic rings. The Labute approximate surface area is 187 Å². The van der Waals surface area contributed by atoms with Crippen LogP contribution in [0, 0.1) is 6.92 Å². The normalized spacial score (nSPS) is 14.5. The fraction of sp³-hybridized carbons (Fsp3) is 0.333. The second-order valence-electron chi connectivity index (χ2n) is 7.62. The highest BCUT2D eigenvalue weighted by Gasteiger charge is 2.22. The fourth-order valence-corrected chi connectivity index (χ4v) is 4.41. The van der Waals surface area contributed by atoms with Gasteiger partial charge < -0.3 is 14.4 Å². The van der Waals surface area contributed by atoms with Gasteiger partial charge in [0.25, 0.3) is 5.91 Å². The van der Waals surface area contributed by atoms with E-state index < -0.39 is 0 Å². The minimum Gasteiger partial charge on any atom is -0.497 e. The number of ether oxygens (including phenoxy) is 2. The molecule has 0 N–H and O–H groups in total. The number of piperazine rings is 1. The average molecular weight is 438 g/mol. The molecule has 1 amide bonds. The van der Waals surface area contributed by atoms with Crippen LogP contribution in [0.2, 0.25) is 0 Å². The van der Waals surface area contributed by atoms with E-state index in [4.69, 9.17) is 14.5 Å². The minimum absolute atomic E-state index is 0.0391. The first-order valence-electron chi connectivity index (χ1n) is 10.4. The smallest absolute Gasteiger partial charge is 0.260 e. The zero-order valence-electron chi connectivity index (χ0n) is 17.9. The number of methoxy groups -OCH3 is 1. The Kier molecular flexibility index (Phi) is 6.84. The van der Waals surface area contributed by atoms with Crippen LogP contribution < -0.4 is 9.47 Å². The van der Waals surface area contributed by atoms with E-state index in [0.717, 1.165) is 53.0 Å². The van der Waals surface area contributed by atoms with Crippen LogP contribution in [-0.4, -0.2) is 60.6 Å². The molecule has 0 aliphatic carbocycles. The first kappa shape index (κ1) is 21.3. The summed E-state index contributed by atoms with van der Waals surface area (Å²) in [7, 11) is 1.67. The van der Waals surface area contributed by atoms with Crippen molar-refractivity contribution in [2.24, 2.45) is 0 Å². The highest BCUT2D eigenvalue weighted by molar-refractivity contribution is 7.09. The third-order valence-corrected chi connectivity index (χ3v) is 6.21. The van der Waals surface area contributed by atoms with Gasteiger partial charge in [-0.3, -0.25) is 9.69 Å². The van der Waals surface area contributed by atoms with Gasteiger partial charge in [0.1, 0.15) is 16.5 Å². The van der Waals surface area contributed by atoms with Gasteiger partial charge in [-0.1, -0.05) is 12.1 Å². The van der Waals surface area contributed by atoms with Crippen LogP contribution in [0.5, 0.6) is 11.5 Å². The molecule has 1 aliphatic rings. The molecule has 1 saturated heterocycles. The van der Waals surface area contributed by atoms with Gasteiger partial charge in [0, 0.05) is 37.1 Å². The topological polar surface area (TPSA) is 54.9 Å². The Balaban J connectivity index is 1.24. The van der Waals surface area contributed by atoms with Crippen molar-refractivity contribution in [3.05, 3.63) is 64.5 Å². The molecule has 0 radical (unpaired) electrons. The van der Waals surface area contributed by atoms with Crippen LogP contribution in [-0.2, 0) is 11.3 Å². The van der Waals surface area contributed by atoms with Crippen LogP contribution >= 0.6 is 11.3 Å². The molecule has 1 aliphatic heterocycles. The van der Waals surface area contributed by atoms with Crippen molar-refractivity contribution in [2.75, 3.05) is 39.9 Å². The standard InChI is InChI=1S/C24H27N3O3S/c1-18-4-3-5-21(14-18)30-16-24(28)27-12-10-26(11-13-27)15-23-25-22(17-31-23)19-6-8-20(29-2)9-7-19/h3-9,14,17H,10-13,15-16H2,1-2H3. The quantitative estimate of drug-likeness (QED) is 0.562. The first-order chi connectivity index (χ1) is 15.1. The molecule has 7 heteroatoms. The Morgan fingerprint density at radius 1 is 1.06 bits per heavy atom. The second kappa shape index (κ2) is 9.94. The molecule has 0 unspecified atom stereocenters. The number of amides is 1. The number of hydrogen-bond acceptors (Lipinski definition) is 6. The van der Waals surface area contributed by atoms with Gasteiger partial charge in [-0.05, 0) is 48.9 Å². The van der Waals surface area contributed by atoms with E-state index in [-0.39, 0.29) is 12.5 Å². The highest BCUT2D eigenvalue weighted by atomic mass is 32.1. The molecule has 0 spiro atoms. The van der Waals surface area contributed by atoms with Crippen LogP contribution in [0.15, 0.2) is 53.9 Å². The fourth-order valence-electron chi connectivity index (χ4n) is 3.57. The van der Waals surface area contributed by atoms with Gasteiger partial charge in [0.2, 0.25) is 0 Å². The van der Waals surface area contributed by atoms with Crippen molar-refractivity contribution < 1.29 is 14.3 Å². The summed E-state index contributed by atoms with van der Waals surface area (Å²) in [5.41, 5.74) is 3.20. The molecular formula is C24H27N3O3S. The highest BCUT2D eigenvalue weighted by Crippen LogP contribution is 2.25. The molecule has 0 saturated carbocycles. The summed E-state index contributed by atoms with van der Waals surface area (Å²) in [6.45, 7) is 6.01. The van der Waals surface area contributed by atoms with E-state index in [1.54, 1.807) is 18.4 Å². The van der Waals surface area contributed by atoms with Gasteiger partial charge in [-0.15, -0.1) is 11.3 Å². The van der Waals surface area contributed by atoms with Gasteiger partial charge in [-0.25, -0.2) is 4.98 Å². The third kappa shape index (κ3) is 5.62. The van der Waals surface area contributed by atoms with E-state index in [1.165, 1.54) is 0 Å². The number of nitrogens with zero attached hydrogens (tertiary/aromatic N) is 3. The summed E-state index contributed by atoms with van der Waals surface area (Å²) < 4.78 is 10.9. The maximum atomic E-state index is 12.5. The third-order valence-electron chi connectivity index (χ3n) is 5.37. The molecule has 0 atom stereocenters. The molecule has 0 bridgehead atoms. The lowest BCUT2D eigenvalue weighted by molar-refractivity contribution is -0.135. The predicted molar refractivity (Wildman–Crippen MR) is 123 cm³/mol. The lowest BCUT2D eigenvalue weighted by atomic mass is 10.2. The first-order valence-corrected chi connectivity index (χ1v) is 11.3. The average Bonchev–Trinajstić information content (AvgIpc) is 3.26. The summed E-state index contributed by atoms with van der Waals surface area (Å²) in [5.74, 6) is 1.62. The van der Waals surface area contributed by atoms with Gasteiger partial charge in [0.05, 0.1) is 19.3 Å². The lowest BCUT2D eigenvalue weighted by Gasteiger charge is -2.34. The number of hydrogen-bond donors (Lipinski definition) is 0. The van der Waals surface area contributed by atoms with E-state index in [9.17, 15) is 4.79 Å². The summed E-state index contributed by atoms with van der Waals surface area (Å²) in [5, 5.41) is 3.19. The predicted octanol–water partition coefficient (Wildman–Crippen LogP) is 3.85. The number of thiazole rings is 1. The zero-order valence-corrected chi connectivity index (χ0v) is 18.7. The molecule has 2 aromatic carbocycles. The van der Waals surface area contributed by atoms with E-state index >= 15 is 0 Å². The van der Waals surface area contributed by atoms with E-state index in [1.807, 2.05) is 60.4 Å². The Morgan fingerprint density at radius 3 is 2.55 bits per heavy atom. The molecular weight excluding hydrogens is 410 g/mol. The van der Waals surface area contributed by atoms with E-state index in [0.29, 0.717) is 13.1 Å². The molecule has 1 aromatic heterocycles. The summed E-state index contributed by atoms with van der Waals surface area (Å²) in [6.07, 6.45) is 0. The monoisotopic (exact) mass is 437 g/mol. The number of aryl methyl sites for hydroxylation is 1. The summed E-state index contributed by atoms with van der Waals surface area (Å²) in [6, 6.07) is 15.7. The molecule has 1 fully saturated rings. The van der Waals surface area contributed by atoms with Gasteiger partial charge in [0.15, 0.2) is 6.61 Å². The maximum Gasteiger partial charge on any atom is 0.260 e. The van der Waals surface area contributed by atoms with Crippen LogP contribution in [0.4, 0.5) is 0 Å². The number of rotatable bonds is 7. The number of carbonyl (C=O) groups is 1. The van der Waals surface area contributed by atoms with Crippen LogP contribution in [0.3, 0.4) is 0 Å². The van der Waals surface area contributed by atoms with Crippen molar-refractivity contribution in [2.45, 2.75) is 13.5 Å².